The molecule has 0 saturated carbocycles. The molecule has 1 saturated heterocycles. The van der Waals surface area contributed by atoms with Gasteiger partial charge in [-0.3, -0.25) is 0 Å². The summed E-state index contributed by atoms with van der Waals surface area (Å²) in [5.74, 6) is 3.67. The van der Waals surface area contributed by atoms with Gasteiger partial charge < -0.3 is 19.5 Å². The van der Waals surface area contributed by atoms with Crippen LogP contribution in [0, 0.1) is 12.8 Å². The fourth-order valence-electron chi connectivity index (χ4n) is 3.07. The number of methoxy groups -OCH3 is 2. The Hall–Kier alpha value is -1.42. The van der Waals surface area contributed by atoms with Gasteiger partial charge in [0.05, 0.1) is 20.8 Å². The molecule has 3 rings (SSSR count). The quantitative estimate of drug-likeness (QED) is 0.866. The number of rotatable bonds is 2. The molecule has 2 aliphatic heterocycles. The van der Waals surface area contributed by atoms with Crippen LogP contribution >= 0.6 is 0 Å². The summed E-state index contributed by atoms with van der Waals surface area (Å²) in [6, 6.07) is 2.11. The molecular weight excluding hydrogens is 230 g/mol. The Kier molecular flexibility index (Phi) is 2.82. The SMILES string of the molecule is COc1cc2c(c(OC)c1C)OC[C@@H]1CNC[C@H]21. The Morgan fingerprint density at radius 2 is 2.11 bits per heavy atom. The minimum atomic E-state index is 0.511. The van der Waals surface area contributed by atoms with Crippen LogP contribution in [0.4, 0.5) is 0 Å². The van der Waals surface area contributed by atoms with Gasteiger partial charge in [0.1, 0.15) is 5.75 Å². The zero-order chi connectivity index (χ0) is 12.7. The highest BCUT2D eigenvalue weighted by Crippen LogP contribution is 2.48. The summed E-state index contributed by atoms with van der Waals surface area (Å²) in [7, 11) is 3.38. The van der Waals surface area contributed by atoms with Gasteiger partial charge in [0.25, 0.3) is 0 Å². The van der Waals surface area contributed by atoms with E-state index in [0.29, 0.717) is 11.8 Å². The molecule has 1 fully saturated rings. The smallest absolute Gasteiger partial charge is 0.167 e. The van der Waals surface area contributed by atoms with Crippen molar-refractivity contribution in [2.45, 2.75) is 12.8 Å². The van der Waals surface area contributed by atoms with E-state index in [1.165, 1.54) is 5.56 Å². The largest absolute Gasteiger partial charge is 0.496 e. The van der Waals surface area contributed by atoms with Crippen molar-refractivity contribution >= 4 is 0 Å². The summed E-state index contributed by atoms with van der Waals surface area (Å²) < 4.78 is 16.9. The second kappa shape index (κ2) is 4.35. The van der Waals surface area contributed by atoms with E-state index in [0.717, 1.165) is 42.5 Å². The van der Waals surface area contributed by atoms with Crippen LogP contribution in [0.3, 0.4) is 0 Å². The summed E-state index contributed by atoms with van der Waals surface area (Å²) in [4.78, 5) is 0. The molecule has 0 spiro atoms. The van der Waals surface area contributed by atoms with Crippen LogP contribution in [0.15, 0.2) is 6.07 Å². The maximum atomic E-state index is 5.92. The van der Waals surface area contributed by atoms with Crippen LogP contribution in [0.1, 0.15) is 17.0 Å². The maximum Gasteiger partial charge on any atom is 0.167 e. The molecule has 0 unspecified atom stereocenters. The lowest BCUT2D eigenvalue weighted by Crippen LogP contribution is -2.25. The van der Waals surface area contributed by atoms with Crippen molar-refractivity contribution in [1.29, 1.82) is 0 Å². The Balaban J connectivity index is 2.15. The lowest BCUT2D eigenvalue weighted by Gasteiger charge is -2.30. The summed E-state index contributed by atoms with van der Waals surface area (Å²) in [5.41, 5.74) is 2.22. The molecular formula is C14H19NO3. The number of nitrogens with one attached hydrogen (secondary N) is 1. The van der Waals surface area contributed by atoms with Gasteiger partial charge in [0.2, 0.25) is 0 Å². The summed E-state index contributed by atoms with van der Waals surface area (Å²) in [6.07, 6.45) is 0. The monoisotopic (exact) mass is 249 g/mol. The predicted octanol–water partition coefficient (Wildman–Crippen LogP) is 1.71. The second-order valence-electron chi connectivity index (χ2n) is 4.99. The third-order valence-electron chi connectivity index (χ3n) is 4.07. The average Bonchev–Trinajstić information content (AvgIpc) is 2.86. The lowest BCUT2D eigenvalue weighted by molar-refractivity contribution is 0.208. The highest BCUT2D eigenvalue weighted by Gasteiger charge is 2.37. The van der Waals surface area contributed by atoms with Gasteiger partial charge in [0, 0.05) is 36.1 Å². The molecule has 0 amide bonds. The molecule has 0 aromatic heterocycles. The summed E-state index contributed by atoms with van der Waals surface area (Å²) in [6.45, 7) is 4.81. The van der Waals surface area contributed by atoms with Crippen LogP contribution < -0.4 is 19.5 Å². The van der Waals surface area contributed by atoms with Crippen LogP contribution in [0.5, 0.6) is 17.2 Å². The maximum absolute atomic E-state index is 5.92. The van der Waals surface area contributed by atoms with Gasteiger partial charge in [-0.05, 0) is 13.0 Å². The second-order valence-corrected chi connectivity index (χ2v) is 4.99. The van der Waals surface area contributed by atoms with Crippen molar-refractivity contribution in [1.82, 2.24) is 5.32 Å². The zero-order valence-electron chi connectivity index (χ0n) is 11.1. The van der Waals surface area contributed by atoms with Crippen LogP contribution in [0.25, 0.3) is 0 Å². The summed E-state index contributed by atoms with van der Waals surface area (Å²) >= 11 is 0. The van der Waals surface area contributed by atoms with E-state index in [9.17, 15) is 0 Å². The van der Waals surface area contributed by atoms with E-state index < -0.39 is 0 Å². The summed E-state index contributed by atoms with van der Waals surface area (Å²) in [5, 5.41) is 3.43. The third kappa shape index (κ3) is 1.56. The number of hydrogen-bond acceptors (Lipinski definition) is 4. The van der Waals surface area contributed by atoms with Gasteiger partial charge in [-0.1, -0.05) is 0 Å². The van der Waals surface area contributed by atoms with Crippen molar-refractivity contribution in [3.8, 4) is 17.2 Å². The first-order valence-electron chi connectivity index (χ1n) is 6.35. The molecule has 18 heavy (non-hydrogen) atoms. The number of hydrogen-bond donors (Lipinski definition) is 1. The molecule has 0 radical (unpaired) electrons. The van der Waals surface area contributed by atoms with Crippen molar-refractivity contribution in [2.75, 3.05) is 33.9 Å². The van der Waals surface area contributed by atoms with Gasteiger partial charge in [-0.2, -0.15) is 0 Å². The number of fused-ring (bicyclic) bond motifs is 3. The van der Waals surface area contributed by atoms with Crippen LogP contribution in [-0.2, 0) is 0 Å². The fourth-order valence-corrected chi connectivity index (χ4v) is 3.07. The molecule has 1 aromatic rings. The first-order chi connectivity index (χ1) is 8.76. The molecule has 2 heterocycles. The zero-order valence-corrected chi connectivity index (χ0v) is 11.1. The molecule has 0 aliphatic carbocycles. The Morgan fingerprint density at radius 3 is 2.83 bits per heavy atom. The molecule has 4 heteroatoms. The molecule has 4 nitrogen and oxygen atoms in total. The van der Waals surface area contributed by atoms with Crippen molar-refractivity contribution in [2.24, 2.45) is 5.92 Å². The van der Waals surface area contributed by atoms with Crippen molar-refractivity contribution in [3.63, 3.8) is 0 Å². The number of ether oxygens (including phenoxy) is 3. The van der Waals surface area contributed by atoms with Gasteiger partial charge in [-0.25, -0.2) is 0 Å². The Morgan fingerprint density at radius 1 is 1.28 bits per heavy atom. The normalized spacial score (nSPS) is 25.1. The van der Waals surface area contributed by atoms with E-state index in [4.69, 9.17) is 14.2 Å². The standard InChI is InChI=1S/C14H19NO3/c1-8-12(16-2)4-10-11-6-15-5-9(11)7-18-14(10)13(8)17-3/h4,9,11,15H,5-7H2,1-3H3/t9-,11-/m0/s1. The highest BCUT2D eigenvalue weighted by molar-refractivity contribution is 5.60. The van der Waals surface area contributed by atoms with Crippen molar-refractivity contribution < 1.29 is 14.2 Å². The third-order valence-corrected chi connectivity index (χ3v) is 4.07. The van der Waals surface area contributed by atoms with E-state index in [1.807, 2.05) is 6.92 Å². The Labute approximate surface area is 107 Å². The van der Waals surface area contributed by atoms with Gasteiger partial charge in [0.15, 0.2) is 11.5 Å². The van der Waals surface area contributed by atoms with E-state index in [-0.39, 0.29) is 0 Å². The number of benzene rings is 1. The van der Waals surface area contributed by atoms with Gasteiger partial charge >= 0.3 is 0 Å². The van der Waals surface area contributed by atoms with Crippen LogP contribution in [0.2, 0.25) is 0 Å². The Bertz CT molecular complexity index is 473. The van der Waals surface area contributed by atoms with Crippen molar-refractivity contribution in [3.05, 3.63) is 17.2 Å². The topological polar surface area (TPSA) is 39.7 Å². The average molecular weight is 249 g/mol. The first-order valence-corrected chi connectivity index (χ1v) is 6.35. The predicted molar refractivity (Wildman–Crippen MR) is 68.9 cm³/mol. The minimum absolute atomic E-state index is 0.511. The molecule has 0 bridgehead atoms. The molecule has 1 aromatic carbocycles. The molecule has 2 atom stereocenters. The molecule has 1 N–H and O–H groups in total. The van der Waals surface area contributed by atoms with E-state index in [2.05, 4.69) is 11.4 Å². The fraction of sp³-hybridized carbons (Fsp3) is 0.571. The molecule has 2 aliphatic rings. The first kappa shape index (κ1) is 11.7. The van der Waals surface area contributed by atoms with E-state index in [1.54, 1.807) is 14.2 Å². The minimum Gasteiger partial charge on any atom is -0.496 e. The van der Waals surface area contributed by atoms with E-state index >= 15 is 0 Å². The van der Waals surface area contributed by atoms with Gasteiger partial charge in [-0.15, -0.1) is 0 Å². The lowest BCUT2D eigenvalue weighted by atomic mass is 9.86. The highest BCUT2D eigenvalue weighted by atomic mass is 16.5. The molecule has 98 valence electrons. The van der Waals surface area contributed by atoms with Crippen LogP contribution in [-0.4, -0.2) is 33.9 Å².